The summed E-state index contributed by atoms with van der Waals surface area (Å²) >= 11 is 0. The monoisotopic (exact) mass is 232 g/mol. The molecule has 0 saturated carbocycles. The number of carbonyl (C=O) groups is 1. The number of hydrogen-bond donors (Lipinski definition) is 0. The molecule has 0 radical (unpaired) electrons. The molecule has 0 saturated heterocycles. The predicted octanol–water partition coefficient (Wildman–Crippen LogP) is 3.41. The lowest BCUT2D eigenvalue weighted by molar-refractivity contribution is -0.124. The fraction of sp³-hybridized carbons (Fsp3) is 0.429. The van der Waals surface area contributed by atoms with E-state index >= 15 is 0 Å². The average molecular weight is 232 g/mol. The molecule has 17 heavy (non-hydrogen) atoms. The van der Waals surface area contributed by atoms with E-state index in [1.54, 1.807) is 18.0 Å². The van der Waals surface area contributed by atoms with Gasteiger partial charge in [-0.3, -0.25) is 14.7 Å². The van der Waals surface area contributed by atoms with Crippen LogP contribution < -0.4 is 0 Å². The first kappa shape index (κ1) is 13.4. The Hall–Kier alpha value is -1.64. The van der Waals surface area contributed by atoms with Gasteiger partial charge in [-0.1, -0.05) is 13.0 Å². The first-order valence-electron chi connectivity index (χ1n) is 5.95. The average Bonchev–Trinajstić information content (AvgIpc) is 2.51. The number of nitrogens with zero attached hydrogens (tertiary/aromatic N) is 2. The fourth-order valence-electron chi connectivity index (χ4n) is 1.82. The van der Waals surface area contributed by atoms with E-state index in [9.17, 15) is 4.79 Å². The molecule has 3 heteroatoms. The molecule has 3 nitrogen and oxygen atoms in total. The minimum absolute atomic E-state index is 0.0484. The van der Waals surface area contributed by atoms with E-state index in [2.05, 4.69) is 18.0 Å². The van der Waals surface area contributed by atoms with Crippen LogP contribution in [0.5, 0.6) is 0 Å². The van der Waals surface area contributed by atoms with E-state index in [-0.39, 0.29) is 5.91 Å². The van der Waals surface area contributed by atoms with Gasteiger partial charge in [0, 0.05) is 30.7 Å². The Morgan fingerprint density at radius 3 is 2.76 bits per heavy atom. The molecule has 0 aromatic carbocycles. The Balaban J connectivity index is 3.09. The molecule has 92 valence electrons. The summed E-state index contributed by atoms with van der Waals surface area (Å²) in [7, 11) is 0. The van der Waals surface area contributed by atoms with Crippen LogP contribution in [0.2, 0.25) is 0 Å². The maximum absolute atomic E-state index is 11.5. The van der Waals surface area contributed by atoms with Crippen LogP contribution in [0.4, 0.5) is 0 Å². The highest BCUT2D eigenvalue weighted by Crippen LogP contribution is 2.21. The van der Waals surface area contributed by atoms with Gasteiger partial charge < -0.3 is 0 Å². The lowest BCUT2D eigenvalue weighted by atomic mass is 10.1. The molecule has 0 aromatic rings. The minimum atomic E-state index is 0.0484. The van der Waals surface area contributed by atoms with E-state index in [1.165, 1.54) is 0 Å². The highest BCUT2D eigenvalue weighted by Gasteiger charge is 2.13. The Morgan fingerprint density at radius 2 is 2.24 bits per heavy atom. The van der Waals surface area contributed by atoms with E-state index in [0.29, 0.717) is 0 Å². The molecule has 1 aliphatic heterocycles. The molecule has 0 aromatic heterocycles. The van der Waals surface area contributed by atoms with Crippen molar-refractivity contribution in [2.24, 2.45) is 4.99 Å². The van der Waals surface area contributed by atoms with Crippen molar-refractivity contribution in [1.29, 1.82) is 0 Å². The molecule has 0 fully saturated rings. The molecule has 1 rings (SSSR count). The van der Waals surface area contributed by atoms with Crippen molar-refractivity contribution < 1.29 is 4.79 Å². The molecule has 0 bridgehead atoms. The molecule has 0 atom stereocenters. The third-order valence-electron chi connectivity index (χ3n) is 2.78. The first-order chi connectivity index (χ1) is 8.10. The Labute approximate surface area is 103 Å². The van der Waals surface area contributed by atoms with Crippen molar-refractivity contribution in [3.8, 4) is 0 Å². The van der Waals surface area contributed by atoms with E-state index in [4.69, 9.17) is 0 Å². The summed E-state index contributed by atoms with van der Waals surface area (Å²) in [6, 6.07) is 0. The van der Waals surface area contributed by atoms with Crippen LogP contribution >= 0.6 is 0 Å². The van der Waals surface area contributed by atoms with E-state index in [1.807, 2.05) is 26.1 Å². The second-order valence-corrected chi connectivity index (χ2v) is 3.96. The number of carbonyl (C=O) groups excluding carboxylic acids is 1. The molecule has 0 N–H and O–H groups in total. The van der Waals surface area contributed by atoms with Crippen molar-refractivity contribution in [3.63, 3.8) is 0 Å². The van der Waals surface area contributed by atoms with Crippen LogP contribution in [0, 0.1) is 0 Å². The van der Waals surface area contributed by atoms with Crippen molar-refractivity contribution in [2.45, 2.75) is 40.5 Å². The summed E-state index contributed by atoms with van der Waals surface area (Å²) in [6.07, 6.45) is 9.39. The smallest absolute Gasteiger partial charge is 0.227 e. The molecule has 1 heterocycles. The summed E-state index contributed by atoms with van der Waals surface area (Å²) in [5.74, 6) is 0.0484. The second-order valence-electron chi connectivity index (χ2n) is 3.96. The highest BCUT2D eigenvalue weighted by molar-refractivity contribution is 5.76. The fourth-order valence-corrected chi connectivity index (χ4v) is 1.82. The van der Waals surface area contributed by atoms with Gasteiger partial charge in [-0.15, -0.1) is 0 Å². The standard InChI is InChI=1S/C14H20N2O/c1-5-14-8-7-13(11(3)15-6-2)9-10-16(14)12(4)17/h6,8-10H,5,7H2,1-4H3/b13-11+,15-6?. The summed E-state index contributed by atoms with van der Waals surface area (Å²) < 4.78 is 0. The van der Waals surface area contributed by atoms with E-state index in [0.717, 1.165) is 29.8 Å². The molecule has 0 spiro atoms. The summed E-state index contributed by atoms with van der Waals surface area (Å²) in [5.41, 5.74) is 3.20. The van der Waals surface area contributed by atoms with Gasteiger partial charge in [0.15, 0.2) is 0 Å². The summed E-state index contributed by atoms with van der Waals surface area (Å²) in [4.78, 5) is 17.5. The highest BCUT2D eigenvalue weighted by atomic mass is 16.2. The number of hydrogen-bond acceptors (Lipinski definition) is 2. The van der Waals surface area contributed by atoms with Crippen molar-refractivity contribution >= 4 is 12.1 Å². The van der Waals surface area contributed by atoms with Crippen LogP contribution in [0.15, 0.2) is 40.3 Å². The SMILES string of the molecule is CC=N/C(C)=C1/C=CN(C(C)=O)C(CC)=CC1. The van der Waals surface area contributed by atoms with Gasteiger partial charge in [-0.25, -0.2) is 0 Å². The number of rotatable bonds is 2. The first-order valence-corrected chi connectivity index (χ1v) is 5.95. The zero-order valence-electron chi connectivity index (χ0n) is 11.0. The van der Waals surface area contributed by atoms with E-state index < -0.39 is 0 Å². The van der Waals surface area contributed by atoms with Crippen molar-refractivity contribution in [3.05, 3.63) is 35.3 Å². The molecule has 1 amide bonds. The maximum Gasteiger partial charge on any atom is 0.227 e. The summed E-state index contributed by atoms with van der Waals surface area (Å²) in [5, 5.41) is 0. The van der Waals surface area contributed by atoms with Crippen LogP contribution in [0.1, 0.15) is 40.5 Å². The molecule has 0 unspecified atom stereocenters. The third kappa shape index (κ3) is 3.41. The quantitative estimate of drug-likeness (QED) is 0.671. The van der Waals surface area contributed by atoms with Crippen LogP contribution in [-0.4, -0.2) is 17.0 Å². The molecular formula is C14H20N2O. The second kappa shape index (κ2) is 6.18. The normalized spacial score (nSPS) is 19.3. The van der Waals surface area contributed by atoms with Gasteiger partial charge >= 0.3 is 0 Å². The van der Waals surface area contributed by atoms with Crippen LogP contribution in [-0.2, 0) is 4.79 Å². The number of aliphatic imine (C=N–C) groups is 1. The van der Waals surface area contributed by atoms with Gasteiger partial charge in [0.1, 0.15) is 0 Å². The Kier molecular flexibility index (Phi) is 4.88. The van der Waals surface area contributed by atoms with Gasteiger partial charge in [0.25, 0.3) is 0 Å². The number of amides is 1. The van der Waals surface area contributed by atoms with Gasteiger partial charge in [0.05, 0.1) is 0 Å². The molecule has 0 aliphatic carbocycles. The zero-order chi connectivity index (χ0) is 12.8. The van der Waals surface area contributed by atoms with Gasteiger partial charge in [-0.2, -0.15) is 0 Å². The van der Waals surface area contributed by atoms with Crippen LogP contribution in [0.25, 0.3) is 0 Å². The Bertz CT molecular complexity index is 414. The van der Waals surface area contributed by atoms with Crippen molar-refractivity contribution in [2.75, 3.05) is 0 Å². The molecule has 1 aliphatic rings. The maximum atomic E-state index is 11.5. The van der Waals surface area contributed by atoms with Gasteiger partial charge in [-0.05, 0) is 38.3 Å². The number of allylic oxidation sites excluding steroid dienone is 5. The third-order valence-corrected chi connectivity index (χ3v) is 2.78. The lowest BCUT2D eigenvalue weighted by Gasteiger charge is -2.17. The molecular weight excluding hydrogens is 212 g/mol. The Morgan fingerprint density at radius 1 is 1.53 bits per heavy atom. The minimum Gasteiger partial charge on any atom is -0.292 e. The van der Waals surface area contributed by atoms with Crippen LogP contribution in [0.3, 0.4) is 0 Å². The van der Waals surface area contributed by atoms with Crippen molar-refractivity contribution in [1.82, 2.24) is 4.90 Å². The predicted molar refractivity (Wildman–Crippen MR) is 71.5 cm³/mol. The topological polar surface area (TPSA) is 32.7 Å². The lowest BCUT2D eigenvalue weighted by Crippen LogP contribution is -2.21. The van der Waals surface area contributed by atoms with Gasteiger partial charge in [0.2, 0.25) is 5.91 Å². The largest absolute Gasteiger partial charge is 0.292 e. The zero-order valence-corrected chi connectivity index (χ0v) is 11.0. The summed E-state index contributed by atoms with van der Waals surface area (Å²) in [6.45, 7) is 7.53.